The monoisotopic (exact) mass is 138 g/mol. The van der Waals surface area contributed by atoms with Crippen molar-refractivity contribution in [3.63, 3.8) is 0 Å². The third-order valence-electron chi connectivity index (χ3n) is 3.72. The minimum atomic E-state index is 0.859. The molecule has 2 rings (SSSR count). The first-order chi connectivity index (χ1) is 4.73. The summed E-state index contributed by atoms with van der Waals surface area (Å²) in [5.74, 6) is 2.09. The van der Waals surface area contributed by atoms with Gasteiger partial charge in [-0.05, 0) is 36.5 Å². The molecule has 0 bridgehead atoms. The van der Waals surface area contributed by atoms with E-state index < -0.39 is 0 Å². The first-order valence-corrected chi connectivity index (χ1v) is 4.73. The predicted molar refractivity (Wildman–Crippen MR) is 43.8 cm³/mol. The van der Waals surface area contributed by atoms with Crippen molar-refractivity contribution in [3.8, 4) is 0 Å². The minimum absolute atomic E-state index is 0.859. The Bertz CT molecular complexity index is 139. The van der Waals surface area contributed by atoms with Gasteiger partial charge in [0.05, 0.1) is 0 Å². The Kier molecular flexibility index (Phi) is 1.33. The Balaban J connectivity index is 1.99. The van der Waals surface area contributed by atoms with E-state index in [4.69, 9.17) is 0 Å². The quantitative estimate of drug-likeness (QED) is 0.482. The Morgan fingerprint density at radius 1 is 1.20 bits per heavy atom. The van der Waals surface area contributed by atoms with Crippen LogP contribution in [-0.2, 0) is 0 Å². The van der Waals surface area contributed by atoms with Crippen LogP contribution in [0.4, 0.5) is 0 Å². The van der Waals surface area contributed by atoms with Crippen molar-refractivity contribution in [2.24, 2.45) is 17.3 Å². The highest BCUT2D eigenvalue weighted by atomic mass is 14.6. The molecule has 0 aromatic carbocycles. The van der Waals surface area contributed by atoms with E-state index in [2.05, 4.69) is 13.8 Å². The summed E-state index contributed by atoms with van der Waals surface area (Å²) < 4.78 is 0. The second kappa shape index (κ2) is 1.99. The maximum atomic E-state index is 2.43. The van der Waals surface area contributed by atoms with Crippen LogP contribution in [0, 0.1) is 17.3 Å². The Morgan fingerprint density at radius 3 is 2.30 bits per heavy atom. The van der Waals surface area contributed by atoms with Gasteiger partial charge in [0.2, 0.25) is 0 Å². The lowest BCUT2D eigenvalue weighted by molar-refractivity contribution is 0.246. The molecule has 0 aromatic heterocycles. The lowest BCUT2D eigenvalue weighted by Gasteiger charge is -2.27. The van der Waals surface area contributed by atoms with Crippen molar-refractivity contribution < 1.29 is 0 Å². The van der Waals surface area contributed by atoms with E-state index in [0.29, 0.717) is 0 Å². The molecule has 2 aliphatic rings. The molecule has 0 amide bonds. The van der Waals surface area contributed by atoms with Crippen LogP contribution < -0.4 is 0 Å². The maximum absolute atomic E-state index is 2.43. The normalized spacial score (nSPS) is 53.4. The Morgan fingerprint density at radius 2 is 1.90 bits per heavy atom. The van der Waals surface area contributed by atoms with Gasteiger partial charge in [0.25, 0.3) is 0 Å². The third kappa shape index (κ3) is 0.889. The van der Waals surface area contributed by atoms with Crippen LogP contribution in [0.3, 0.4) is 0 Å². The van der Waals surface area contributed by atoms with Gasteiger partial charge >= 0.3 is 0 Å². The summed E-state index contributed by atoms with van der Waals surface area (Å²) in [5.41, 5.74) is 0.859. The molecule has 10 heavy (non-hydrogen) atoms. The molecule has 0 radical (unpaired) electrons. The first kappa shape index (κ1) is 6.69. The van der Waals surface area contributed by atoms with Crippen LogP contribution in [-0.4, -0.2) is 0 Å². The fourth-order valence-electron chi connectivity index (χ4n) is 2.88. The summed E-state index contributed by atoms with van der Waals surface area (Å²) in [6.07, 6.45) is 7.62. The molecule has 0 aliphatic heterocycles. The molecule has 1 spiro atoms. The summed E-state index contributed by atoms with van der Waals surface area (Å²) in [7, 11) is 0. The molecular weight excluding hydrogens is 120 g/mol. The second-order valence-electron chi connectivity index (χ2n) is 4.67. The van der Waals surface area contributed by atoms with E-state index in [0.717, 1.165) is 17.3 Å². The molecule has 2 saturated carbocycles. The first-order valence-electron chi connectivity index (χ1n) is 4.73. The summed E-state index contributed by atoms with van der Waals surface area (Å²) in [6, 6.07) is 0. The molecule has 58 valence electrons. The summed E-state index contributed by atoms with van der Waals surface area (Å²) in [4.78, 5) is 0. The van der Waals surface area contributed by atoms with Crippen molar-refractivity contribution in [2.75, 3.05) is 0 Å². The zero-order valence-electron chi connectivity index (χ0n) is 7.19. The molecule has 0 saturated heterocycles. The minimum Gasteiger partial charge on any atom is -0.0625 e. The third-order valence-corrected chi connectivity index (χ3v) is 3.72. The number of hydrogen-bond acceptors (Lipinski definition) is 0. The molecule has 2 aliphatic carbocycles. The van der Waals surface area contributed by atoms with Crippen LogP contribution in [0.15, 0.2) is 0 Å². The smallest absolute Gasteiger partial charge is 0.0266 e. The van der Waals surface area contributed by atoms with Gasteiger partial charge in [0.1, 0.15) is 0 Å². The van der Waals surface area contributed by atoms with Crippen molar-refractivity contribution in [1.82, 2.24) is 0 Å². The van der Waals surface area contributed by atoms with Crippen LogP contribution in [0.1, 0.15) is 46.0 Å². The van der Waals surface area contributed by atoms with Gasteiger partial charge in [-0.2, -0.15) is 0 Å². The average Bonchev–Trinajstić information content (AvgIpc) is 2.41. The zero-order chi connectivity index (χ0) is 7.19. The van der Waals surface area contributed by atoms with E-state index in [1.165, 1.54) is 25.7 Å². The average molecular weight is 138 g/mol. The molecule has 0 heterocycles. The van der Waals surface area contributed by atoms with Gasteiger partial charge in [-0.15, -0.1) is 0 Å². The lowest BCUT2D eigenvalue weighted by Crippen LogP contribution is -2.15. The highest BCUT2D eigenvalue weighted by Gasteiger charge is 2.51. The largest absolute Gasteiger partial charge is 0.0625 e. The van der Waals surface area contributed by atoms with Crippen LogP contribution in [0.25, 0.3) is 0 Å². The highest BCUT2D eigenvalue weighted by Crippen LogP contribution is 2.61. The molecule has 0 aromatic rings. The van der Waals surface area contributed by atoms with Crippen LogP contribution >= 0.6 is 0 Å². The van der Waals surface area contributed by atoms with E-state index in [1.807, 2.05) is 0 Å². The van der Waals surface area contributed by atoms with Gasteiger partial charge in [0, 0.05) is 0 Å². The SMILES string of the molecule is CC1CCCC2(C1)CC2C. The van der Waals surface area contributed by atoms with Crippen molar-refractivity contribution in [3.05, 3.63) is 0 Å². The van der Waals surface area contributed by atoms with Crippen molar-refractivity contribution >= 4 is 0 Å². The topological polar surface area (TPSA) is 0 Å². The van der Waals surface area contributed by atoms with Crippen molar-refractivity contribution in [1.29, 1.82) is 0 Å². The predicted octanol–water partition coefficient (Wildman–Crippen LogP) is 3.22. The zero-order valence-corrected chi connectivity index (χ0v) is 7.19. The fourth-order valence-corrected chi connectivity index (χ4v) is 2.88. The lowest BCUT2D eigenvalue weighted by atomic mass is 9.79. The molecular formula is C10H18. The summed E-state index contributed by atoms with van der Waals surface area (Å²) >= 11 is 0. The Hall–Kier alpha value is 0. The molecule has 2 fully saturated rings. The van der Waals surface area contributed by atoms with Gasteiger partial charge in [-0.3, -0.25) is 0 Å². The van der Waals surface area contributed by atoms with Crippen LogP contribution in [0.5, 0.6) is 0 Å². The standard InChI is InChI=1S/C10H18/c1-8-4-3-5-10(6-8)7-9(10)2/h8-9H,3-7H2,1-2H3. The fraction of sp³-hybridized carbons (Fsp3) is 1.00. The molecule has 0 heteroatoms. The van der Waals surface area contributed by atoms with Gasteiger partial charge in [-0.25, -0.2) is 0 Å². The molecule has 0 nitrogen and oxygen atoms in total. The van der Waals surface area contributed by atoms with E-state index in [-0.39, 0.29) is 0 Å². The van der Waals surface area contributed by atoms with Gasteiger partial charge < -0.3 is 0 Å². The molecule has 3 atom stereocenters. The molecule has 0 N–H and O–H groups in total. The second-order valence-corrected chi connectivity index (χ2v) is 4.67. The Labute approximate surface area is 64.0 Å². The number of rotatable bonds is 0. The van der Waals surface area contributed by atoms with E-state index in [1.54, 1.807) is 6.42 Å². The van der Waals surface area contributed by atoms with E-state index >= 15 is 0 Å². The van der Waals surface area contributed by atoms with Crippen molar-refractivity contribution in [2.45, 2.75) is 46.0 Å². The maximum Gasteiger partial charge on any atom is -0.0266 e. The van der Waals surface area contributed by atoms with Gasteiger partial charge in [0.15, 0.2) is 0 Å². The summed E-state index contributed by atoms with van der Waals surface area (Å²) in [5, 5.41) is 0. The number of hydrogen-bond donors (Lipinski definition) is 0. The van der Waals surface area contributed by atoms with Crippen LogP contribution in [0.2, 0.25) is 0 Å². The van der Waals surface area contributed by atoms with Gasteiger partial charge in [-0.1, -0.05) is 26.7 Å². The van der Waals surface area contributed by atoms with E-state index in [9.17, 15) is 0 Å². The molecule has 3 unspecified atom stereocenters. The summed E-state index contributed by atoms with van der Waals surface area (Å²) in [6.45, 7) is 4.85. The highest BCUT2D eigenvalue weighted by molar-refractivity contribution is 5.01.